The van der Waals surface area contributed by atoms with Crippen LogP contribution in [0.5, 0.6) is 5.75 Å². The predicted octanol–water partition coefficient (Wildman–Crippen LogP) is 4.60. The van der Waals surface area contributed by atoms with Crippen LogP contribution in [-0.2, 0) is 19.2 Å². The molecule has 1 N–H and O–H groups in total. The van der Waals surface area contributed by atoms with Crippen molar-refractivity contribution in [1.29, 1.82) is 0 Å². The van der Waals surface area contributed by atoms with E-state index >= 15 is 0 Å². The summed E-state index contributed by atoms with van der Waals surface area (Å²) in [6.07, 6.45) is -3.23. The van der Waals surface area contributed by atoms with Gasteiger partial charge in [0.2, 0.25) is 0 Å². The quantitative estimate of drug-likeness (QED) is 0.841. The van der Waals surface area contributed by atoms with Gasteiger partial charge in [-0.2, -0.15) is 13.2 Å². The zero-order valence-corrected chi connectivity index (χ0v) is 12.8. The molecule has 5 heteroatoms. The van der Waals surface area contributed by atoms with Gasteiger partial charge in [0.05, 0.1) is 11.7 Å². The van der Waals surface area contributed by atoms with Crippen molar-refractivity contribution < 1.29 is 23.0 Å². The molecule has 0 aromatic heterocycles. The molecule has 0 amide bonds. The molecule has 23 heavy (non-hydrogen) atoms. The minimum Gasteiger partial charge on any atom is -0.489 e. The Morgan fingerprint density at radius 1 is 1.04 bits per heavy atom. The van der Waals surface area contributed by atoms with Gasteiger partial charge >= 0.3 is 6.18 Å². The summed E-state index contributed by atoms with van der Waals surface area (Å²) in [6, 6.07) is 12.5. The van der Waals surface area contributed by atoms with E-state index < -0.39 is 11.7 Å². The van der Waals surface area contributed by atoms with Crippen molar-refractivity contribution in [1.82, 2.24) is 0 Å². The topological polar surface area (TPSA) is 29.5 Å². The molecule has 0 spiro atoms. The lowest BCUT2D eigenvalue weighted by atomic mass is 10.1. The summed E-state index contributed by atoms with van der Waals surface area (Å²) in [7, 11) is 0. The molecule has 1 atom stereocenters. The average Bonchev–Trinajstić information content (AvgIpc) is 2.51. The number of hydrogen-bond donors (Lipinski definition) is 1. The number of alkyl halides is 3. The molecule has 0 saturated carbocycles. The van der Waals surface area contributed by atoms with Crippen molar-refractivity contribution >= 4 is 0 Å². The largest absolute Gasteiger partial charge is 0.489 e. The van der Waals surface area contributed by atoms with Crippen LogP contribution in [0.4, 0.5) is 13.2 Å². The van der Waals surface area contributed by atoms with Gasteiger partial charge < -0.3 is 9.84 Å². The summed E-state index contributed by atoms with van der Waals surface area (Å²) in [5, 5.41) is 9.25. The lowest BCUT2D eigenvalue weighted by Crippen LogP contribution is -2.06. The maximum absolute atomic E-state index is 12.6. The first-order valence-electron chi connectivity index (χ1n) is 7.40. The molecule has 0 fully saturated rings. The highest BCUT2D eigenvalue weighted by atomic mass is 19.4. The van der Waals surface area contributed by atoms with Crippen molar-refractivity contribution in [2.24, 2.45) is 0 Å². The van der Waals surface area contributed by atoms with Crippen LogP contribution in [0, 0.1) is 0 Å². The van der Waals surface area contributed by atoms with Crippen LogP contribution in [0.15, 0.2) is 48.5 Å². The smallest absolute Gasteiger partial charge is 0.416 e. The van der Waals surface area contributed by atoms with Gasteiger partial charge in [0.1, 0.15) is 12.4 Å². The summed E-state index contributed by atoms with van der Waals surface area (Å²) in [6.45, 7) is 1.82. The number of ether oxygens (including phenoxy) is 1. The van der Waals surface area contributed by atoms with Crippen LogP contribution in [0.2, 0.25) is 0 Å². The molecule has 1 unspecified atom stereocenters. The van der Waals surface area contributed by atoms with E-state index in [-0.39, 0.29) is 12.7 Å². The molecule has 2 aromatic rings. The molecule has 2 nitrogen and oxygen atoms in total. The van der Waals surface area contributed by atoms with Crippen molar-refractivity contribution in [3.8, 4) is 5.75 Å². The van der Waals surface area contributed by atoms with E-state index in [0.717, 1.165) is 24.1 Å². The minimum atomic E-state index is -4.35. The molecule has 2 aromatic carbocycles. The molecule has 0 aliphatic rings. The van der Waals surface area contributed by atoms with E-state index in [9.17, 15) is 18.3 Å². The Kier molecular flexibility index (Phi) is 5.66. The van der Waals surface area contributed by atoms with Crippen molar-refractivity contribution in [3.63, 3.8) is 0 Å². The Bertz CT molecular complexity index is 619. The van der Waals surface area contributed by atoms with Gasteiger partial charge in [0, 0.05) is 0 Å². The number of rotatable bonds is 6. The van der Waals surface area contributed by atoms with E-state index in [2.05, 4.69) is 0 Å². The van der Waals surface area contributed by atoms with Crippen LogP contribution >= 0.6 is 0 Å². The molecule has 0 aliphatic carbocycles. The van der Waals surface area contributed by atoms with E-state index in [0.29, 0.717) is 17.7 Å². The maximum atomic E-state index is 12.6. The monoisotopic (exact) mass is 324 g/mol. The third kappa shape index (κ3) is 5.60. The third-order valence-electron chi connectivity index (χ3n) is 3.43. The summed E-state index contributed by atoms with van der Waals surface area (Å²) >= 11 is 0. The average molecular weight is 324 g/mol. The summed E-state index contributed by atoms with van der Waals surface area (Å²) in [5.41, 5.74) is 0.877. The van der Waals surface area contributed by atoms with E-state index in [4.69, 9.17) is 4.74 Å². The first kappa shape index (κ1) is 17.3. The van der Waals surface area contributed by atoms with Gasteiger partial charge in [-0.3, -0.25) is 0 Å². The Morgan fingerprint density at radius 3 is 2.35 bits per heavy atom. The van der Waals surface area contributed by atoms with Crippen LogP contribution < -0.4 is 4.74 Å². The van der Waals surface area contributed by atoms with Gasteiger partial charge in [-0.05, 0) is 55.2 Å². The highest BCUT2D eigenvalue weighted by Crippen LogP contribution is 2.29. The fraction of sp³-hybridized carbons (Fsp3) is 0.333. The second-order valence-corrected chi connectivity index (χ2v) is 5.52. The van der Waals surface area contributed by atoms with Gasteiger partial charge in [0.25, 0.3) is 0 Å². The fourth-order valence-corrected chi connectivity index (χ4v) is 2.13. The number of aliphatic hydroxyl groups excluding tert-OH is 1. The van der Waals surface area contributed by atoms with Gasteiger partial charge in [-0.15, -0.1) is 0 Å². The summed E-state index contributed by atoms with van der Waals surface area (Å²) in [4.78, 5) is 0. The number of aryl methyl sites for hydroxylation is 1. The second kappa shape index (κ2) is 7.51. The number of aliphatic hydroxyl groups is 1. The summed E-state index contributed by atoms with van der Waals surface area (Å²) < 4.78 is 43.5. The van der Waals surface area contributed by atoms with Crippen LogP contribution in [0.25, 0.3) is 0 Å². The third-order valence-corrected chi connectivity index (χ3v) is 3.43. The van der Waals surface area contributed by atoms with Gasteiger partial charge in [-0.25, -0.2) is 0 Å². The van der Waals surface area contributed by atoms with Gasteiger partial charge in [-0.1, -0.05) is 24.3 Å². The van der Waals surface area contributed by atoms with E-state index in [1.165, 1.54) is 6.07 Å². The molecule has 0 bridgehead atoms. The van der Waals surface area contributed by atoms with Crippen molar-refractivity contribution in [2.45, 2.75) is 38.7 Å². The first-order chi connectivity index (χ1) is 10.8. The Balaban J connectivity index is 1.93. The van der Waals surface area contributed by atoms with E-state index in [1.54, 1.807) is 25.1 Å². The predicted molar refractivity (Wildman–Crippen MR) is 82.2 cm³/mol. The standard InChI is InChI=1S/C18H19F3O2/c1-13(22)5-6-14-7-9-17(10-8-14)23-12-15-3-2-4-16(11-15)18(19,20)21/h2-4,7-11,13,22H,5-6,12H2,1H3. The van der Waals surface area contributed by atoms with Crippen molar-refractivity contribution in [2.75, 3.05) is 0 Å². The zero-order valence-electron chi connectivity index (χ0n) is 12.8. The summed E-state index contributed by atoms with van der Waals surface area (Å²) in [5.74, 6) is 0.600. The maximum Gasteiger partial charge on any atom is 0.416 e. The second-order valence-electron chi connectivity index (χ2n) is 5.52. The molecule has 124 valence electrons. The molecular formula is C18H19F3O2. The lowest BCUT2D eigenvalue weighted by molar-refractivity contribution is -0.137. The Hall–Kier alpha value is -2.01. The van der Waals surface area contributed by atoms with E-state index in [1.807, 2.05) is 12.1 Å². The van der Waals surface area contributed by atoms with Crippen LogP contribution in [0.3, 0.4) is 0 Å². The minimum absolute atomic E-state index is 0.0803. The molecular weight excluding hydrogens is 305 g/mol. The van der Waals surface area contributed by atoms with Crippen LogP contribution in [-0.4, -0.2) is 11.2 Å². The molecule has 0 aliphatic heterocycles. The molecule has 0 heterocycles. The lowest BCUT2D eigenvalue weighted by Gasteiger charge is -2.10. The number of hydrogen-bond acceptors (Lipinski definition) is 2. The van der Waals surface area contributed by atoms with Gasteiger partial charge in [0.15, 0.2) is 0 Å². The molecule has 2 rings (SSSR count). The number of halogens is 3. The highest BCUT2D eigenvalue weighted by molar-refractivity contribution is 5.29. The fourth-order valence-electron chi connectivity index (χ4n) is 2.13. The first-order valence-corrected chi connectivity index (χ1v) is 7.40. The highest BCUT2D eigenvalue weighted by Gasteiger charge is 2.30. The van der Waals surface area contributed by atoms with Crippen LogP contribution in [0.1, 0.15) is 30.0 Å². The Labute approximate surface area is 133 Å². The number of benzene rings is 2. The molecule has 0 saturated heterocycles. The normalized spacial score (nSPS) is 12.9. The molecule has 0 radical (unpaired) electrons. The zero-order chi connectivity index (χ0) is 16.9. The Morgan fingerprint density at radius 2 is 1.74 bits per heavy atom. The SMILES string of the molecule is CC(O)CCc1ccc(OCc2cccc(C(F)(F)F)c2)cc1. The van der Waals surface area contributed by atoms with Crippen molar-refractivity contribution in [3.05, 3.63) is 65.2 Å².